The highest BCUT2D eigenvalue weighted by Crippen LogP contribution is 2.21. The van der Waals surface area contributed by atoms with Gasteiger partial charge >= 0.3 is 0 Å². The molecule has 0 unspecified atom stereocenters. The Morgan fingerprint density at radius 1 is 1.15 bits per heavy atom. The topological polar surface area (TPSA) is 120 Å². The maximum absolute atomic E-state index is 12.4. The van der Waals surface area contributed by atoms with Gasteiger partial charge in [-0.25, -0.2) is 18.2 Å². The summed E-state index contributed by atoms with van der Waals surface area (Å²) in [6, 6.07) is 12.5. The van der Waals surface area contributed by atoms with E-state index in [2.05, 4.69) is 15.6 Å². The van der Waals surface area contributed by atoms with E-state index >= 15 is 0 Å². The number of aromatic nitrogens is 3. The van der Waals surface area contributed by atoms with Crippen LogP contribution in [0.2, 0.25) is 5.02 Å². The van der Waals surface area contributed by atoms with Gasteiger partial charge in [0.25, 0.3) is 5.91 Å². The molecule has 10 heteroatoms. The minimum Gasteiger partial charge on any atom is -0.321 e. The van der Waals surface area contributed by atoms with E-state index in [1.807, 2.05) is 0 Å². The summed E-state index contributed by atoms with van der Waals surface area (Å²) < 4.78 is 24.0. The van der Waals surface area contributed by atoms with Crippen LogP contribution >= 0.6 is 11.6 Å². The molecule has 0 aliphatic carbocycles. The van der Waals surface area contributed by atoms with Crippen LogP contribution in [0.4, 0.5) is 5.69 Å². The predicted octanol–water partition coefficient (Wildman–Crippen LogP) is 2.13. The molecule has 134 valence electrons. The Morgan fingerprint density at radius 2 is 1.81 bits per heavy atom. The molecule has 0 saturated heterocycles. The monoisotopic (exact) mass is 391 g/mol. The van der Waals surface area contributed by atoms with E-state index in [-0.39, 0.29) is 10.6 Å². The van der Waals surface area contributed by atoms with Crippen LogP contribution in [0, 0.1) is 6.92 Å². The maximum Gasteiger partial charge on any atom is 0.278 e. The second-order valence-corrected chi connectivity index (χ2v) is 7.38. The summed E-state index contributed by atoms with van der Waals surface area (Å²) in [5, 5.41) is 16.0. The Kier molecular flexibility index (Phi) is 4.77. The molecule has 8 nitrogen and oxygen atoms in total. The van der Waals surface area contributed by atoms with Crippen molar-refractivity contribution in [3.8, 4) is 5.69 Å². The molecule has 0 bridgehead atoms. The van der Waals surface area contributed by atoms with Gasteiger partial charge in [0.15, 0.2) is 5.69 Å². The Morgan fingerprint density at radius 3 is 2.42 bits per heavy atom. The molecule has 0 aliphatic rings. The number of sulfonamides is 1. The number of carbonyl (C=O) groups is 1. The fourth-order valence-electron chi connectivity index (χ4n) is 2.31. The molecule has 3 N–H and O–H groups in total. The zero-order valence-corrected chi connectivity index (χ0v) is 15.1. The summed E-state index contributed by atoms with van der Waals surface area (Å²) in [5.74, 6) is -0.482. The average molecular weight is 392 g/mol. The molecule has 3 rings (SSSR count). The van der Waals surface area contributed by atoms with Crippen molar-refractivity contribution >= 4 is 33.2 Å². The van der Waals surface area contributed by atoms with Gasteiger partial charge in [0.1, 0.15) is 0 Å². The molecule has 0 radical (unpaired) electrons. The number of hydrogen-bond donors (Lipinski definition) is 2. The van der Waals surface area contributed by atoms with E-state index in [9.17, 15) is 13.2 Å². The number of nitrogens with one attached hydrogen (secondary N) is 1. The molecule has 0 spiro atoms. The van der Waals surface area contributed by atoms with E-state index in [0.29, 0.717) is 22.1 Å². The average Bonchev–Trinajstić information content (AvgIpc) is 2.96. The quantitative estimate of drug-likeness (QED) is 0.705. The van der Waals surface area contributed by atoms with Gasteiger partial charge in [0.2, 0.25) is 10.0 Å². The van der Waals surface area contributed by atoms with Gasteiger partial charge < -0.3 is 5.32 Å². The normalized spacial score (nSPS) is 11.3. The van der Waals surface area contributed by atoms with Gasteiger partial charge in [-0.05, 0) is 43.3 Å². The lowest BCUT2D eigenvalue weighted by Crippen LogP contribution is -2.15. The number of halogens is 1. The van der Waals surface area contributed by atoms with Crippen LogP contribution in [0.1, 0.15) is 16.2 Å². The lowest BCUT2D eigenvalue weighted by Gasteiger charge is -2.07. The third-order valence-electron chi connectivity index (χ3n) is 3.63. The van der Waals surface area contributed by atoms with E-state index in [1.54, 1.807) is 31.2 Å². The van der Waals surface area contributed by atoms with Crippen molar-refractivity contribution in [2.45, 2.75) is 11.8 Å². The molecule has 0 saturated carbocycles. The van der Waals surface area contributed by atoms with E-state index in [0.717, 1.165) is 0 Å². The van der Waals surface area contributed by atoms with Crippen molar-refractivity contribution < 1.29 is 13.2 Å². The van der Waals surface area contributed by atoms with E-state index < -0.39 is 15.9 Å². The van der Waals surface area contributed by atoms with Gasteiger partial charge in [-0.15, -0.1) is 5.10 Å². The minimum atomic E-state index is -3.79. The number of primary sulfonamides is 1. The molecule has 1 heterocycles. The fraction of sp³-hybridized carbons (Fsp3) is 0.0625. The van der Waals surface area contributed by atoms with Crippen molar-refractivity contribution in [2.24, 2.45) is 5.14 Å². The summed E-state index contributed by atoms with van der Waals surface area (Å²) in [5.41, 5.74) is 1.64. The van der Waals surface area contributed by atoms with Crippen molar-refractivity contribution in [2.75, 3.05) is 5.32 Å². The van der Waals surface area contributed by atoms with Gasteiger partial charge in [-0.1, -0.05) is 28.9 Å². The Hall–Kier alpha value is -2.75. The molecule has 1 amide bonds. The van der Waals surface area contributed by atoms with Crippen LogP contribution in [0.15, 0.2) is 53.4 Å². The number of rotatable bonds is 4. The first-order valence-corrected chi connectivity index (χ1v) is 9.31. The first-order valence-electron chi connectivity index (χ1n) is 7.39. The van der Waals surface area contributed by atoms with Crippen molar-refractivity contribution in [1.82, 2.24) is 15.0 Å². The Balaban J connectivity index is 1.84. The first kappa shape index (κ1) is 18.1. The number of hydrogen-bond acceptors (Lipinski definition) is 5. The SMILES string of the molecule is Cc1c(C(=O)Nc2ccc(S(N)(=O)=O)cc2)nnn1-c1ccccc1Cl. The molecular formula is C16H14ClN5O3S. The number of nitrogens with two attached hydrogens (primary N) is 1. The summed E-state index contributed by atoms with van der Waals surface area (Å²) in [6.07, 6.45) is 0. The summed E-state index contributed by atoms with van der Waals surface area (Å²) in [4.78, 5) is 12.4. The van der Waals surface area contributed by atoms with Crippen LogP contribution < -0.4 is 10.5 Å². The van der Waals surface area contributed by atoms with Crippen LogP contribution in [-0.4, -0.2) is 29.3 Å². The third kappa shape index (κ3) is 3.59. The molecule has 0 aliphatic heterocycles. The molecule has 0 atom stereocenters. The van der Waals surface area contributed by atoms with Crippen LogP contribution in [0.5, 0.6) is 0 Å². The van der Waals surface area contributed by atoms with E-state index in [4.69, 9.17) is 16.7 Å². The van der Waals surface area contributed by atoms with Gasteiger partial charge in [0, 0.05) is 5.69 Å². The minimum absolute atomic E-state index is 0.0451. The molecular weight excluding hydrogens is 378 g/mol. The first-order chi connectivity index (χ1) is 12.3. The van der Waals surface area contributed by atoms with Crippen molar-refractivity contribution in [3.05, 3.63) is 64.9 Å². The number of amides is 1. The summed E-state index contributed by atoms with van der Waals surface area (Å²) in [7, 11) is -3.79. The standard InChI is InChI=1S/C16H14ClN5O3S/c1-10-15(20-21-22(10)14-5-3-2-4-13(14)17)16(23)19-11-6-8-12(9-7-11)26(18,24)25/h2-9H,1H3,(H,19,23)(H2,18,24,25). The summed E-state index contributed by atoms with van der Waals surface area (Å²) >= 11 is 6.15. The number of anilines is 1. The van der Waals surface area contributed by atoms with Crippen molar-refractivity contribution in [1.29, 1.82) is 0 Å². The predicted molar refractivity (Wildman–Crippen MR) is 96.9 cm³/mol. The maximum atomic E-state index is 12.4. The molecule has 0 fully saturated rings. The second-order valence-electron chi connectivity index (χ2n) is 5.41. The Labute approximate surface area is 154 Å². The number of nitrogens with zero attached hydrogens (tertiary/aromatic N) is 3. The van der Waals surface area contributed by atoms with Crippen LogP contribution in [0.3, 0.4) is 0 Å². The third-order valence-corrected chi connectivity index (χ3v) is 4.88. The van der Waals surface area contributed by atoms with Gasteiger partial charge in [-0.2, -0.15) is 0 Å². The number of benzene rings is 2. The highest BCUT2D eigenvalue weighted by Gasteiger charge is 2.18. The molecule has 26 heavy (non-hydrogen) atoms. The zero-order valence-electron chi connectivity index (χ0n) is 13.5. The van der Waals surface area contributed by atoms with E-state index in [1.165, 1.54) is 28.9 Å². The van der Waals surface area contributed by atoms with Gasteiger partial charge in [-0.3, -0.25) is 4.79 Å². The zero-order chi connectivity index (χ0) is 18.9. The lowest BCUT2D eigenvalue weighted by atomic mass is 10.2. The highest BCUT2D eigenvalue weighted by atomic mass is 35.5. The largest absolute Gasteiger partial charge is 0.321 e. The number of para-hydroxylation sites is 1. The lowest BCUT2D eigenvalue weighted by molar-refractivity contribution is 0.102. The van der Waals surface area contributed by atoms with Gasteiger partial charge in [0.05, 0.1) is 21.3 Å². The van der Waals surface area contributed by atoms with Crippen LogP contribution in [-0.2, 0) is 10.0 Å². The van der Waals surface area contributed by atoms with Crippen LogP contribution in [0.25, 0.3) is 5.69 Å². The fourth-order valence-corrected chi connectivity index (χ4v) is 3.04. The second kappa shape index (κ2) is 6.87. The highest BCUT2D eigenvalue weighted by molar-refractivity contribution is 7.89. The smallest absolute Gasteiger partial charge is 0.278 e. The molecule has 3 aromatic rings. The molecule has 1 aromatic heterocycles. The number of carbonyl (C=O) groups excluding carboxylic acids is 1. The van der Waals surface area contributed by atoms with Crippen molar-refractivity contribution in [3.63, 3.8) is 0 Å². The summed E-state index contributed by atoms with van der Waals surface area (Å²) in [6.45, 7) is 1.70. The molecule has 2 aromatic carbocycles. The Bertz CT molecular complexity index is 1080.